The zero-order valence-corrected chi connectivity index (χ0v) is 15.3. The zero-order chi connectivity index (χ0) is 18.1. The molecular weight excluding hydrogens is 344 g/mol. The lowest BCUT2D eigenvalue weighted by molar-refractivity contribution is 0.0747. The number of amides is 1. The van der Waals surface area contributed by atoms with E-state index in [9.17, 15) is 4.79 Å². The minimum atomic E-state index is 0.0225. The first-order valence-electron chi connectivity index (χ1n) is 8.56. The van der Waals surface area contributed by atoms with Gasteiger partial charge in [-0.15, -0.1) is 0 Å². The van der Waals surface area contributed by atoms with Crippen LogP contribution in [0.2, 0.25) is 0 Å². The molecule has 26 heavy (non-hydrogen) atoms. The number of thiazole rings is 1. The first-order valence-corrected chi connectivity index (χ1v) is 9.38. The first-order chi connectivity index (χ1) is 12.7. The van der Waals surface area contributed by atoms with Gasteiger partial charge in [-0.05, 0) is 42.8 Å². The van der Waals surface area contributed by atoms with Gasteiger partial charge in [-0.1, -0.05) is 23.5 Å². The minimum absolute atomic E-state index is 0.0225. The second kappa shape index (κ2) is 6.77. The maximum atomic E-state index is 12.6. The molecule has 3 aromatic rings. The molecule has 130 valence electrons. The molecule has 2 heterocycles. The average Bonchev–Trinajstić information content (AvgIpc) is 3.13. The molecule has 1 amide bonds. The van der Waals surface area contributed by atoms with E-state index in [0.717, 1.165) is 23.7 Å². The van der Waals surface area contributed by atoms with Crippen molar-refractivity contribution in [2.45, 2.75) is 6.92 Å². The van der Waals surface area contributed by atoms with Crippen molar-refractivity contribution in [3.63, 3.8) is 0 Å². The largest absolute Gasteiger partial charge is 0.345 e. The first kappa shape index (κ1) is 16.6. The number of hydrogen-bond acceptors (Lipinski definition) is 5. The minimum Gasteiger partial charge on any atom is -0.345 e. The monoisotopic (exact) mass is 362 g/mol. The van der Waals surface area contributed by atoms with Crippen LogP contribution in [0.1, 0.15) is 21.5 Å². The molecule has 1 aliphatic heterocycles. The molecule has 6 heteroatoms. The van der Waals surface area contributed by atoms with Crippen LogP contribution in [0.3, 0.4) is 0 Å². The molecule has 1 aliphatic rings. The number of nitriles is 1. The molecule has 2 aromatic carbocycles. The lowest BCUT2D eigenvalue weighted by Gasteiger charge is -2.34. The van der Waals surface area contributed by atoms with Gasteiger partial charge in [0.05, 0.1) is 21.8 Å². The summed E-state index contributed by atoms with van der Waals surface area (Å²) in [6, 6.07) is 15.2. The van der Waals surface area contributed by atoms with E-state index in [1.807, 2.05) is 4.90 Å². The van der Waals surface area contributed by atoms with Gasteiger partial charge in [0.1, 0.15) is 0 Å². The lowest BCUT2D eigenvalue weighted by atomic mass is 10.1. The second-order valence-electron chi connectivity index (χ2n) is 6.39. The number of carbonyl (C=O) groups is 1. The van der Waals surface area contributed by atoms with Crippen LogP contribution in [0.25, 0.3) is 10.2 Å². The molecule has 1 aromatic heterocycles. The molecule has 1 fully saturated rings. The van der Waals surface area contributed by atoms with E-state index < -0.39 is 0 Å². The van der Waals surface area contributed by atoms with E-state index in [1.165, 1.54) is 10.3 Å². The van der Waals surface area contributed by atoms with Crippen molar-refractivity contribution in [3.05, 3.63) is 59.2 Å². The summed E-state index contributed by atoms with van der Waals surface area (Å²) in [5, 5.41) is 9.89. The number of anilines is 1. The lowest BCUT2D eigenvalue weighted by Crippen LogP contribution is -2.48. The molecule has 0 spiro atoms. The predicted molar refractivity (Wildman–Crippen MR) is 104 cm³/mol. The number of benzene rings is 2. The van der Waals surface area contributed by atoms with Crippen molar-refractivity contribution in [2.24, 2.45) is 0 Å². The number of piperazine rings is 1. The van der Waals surface area contributed by atoms with E-state index in [1.54, 1.807) is 35.6 Å². The van der Waals surface area contributed by atoms with E-state index in [4.69, 9.17) is 10.2 Å². The fourth-order valence-electron chi connectivity index (χ4n) is 3.18. The number of aryl methyl sites for hydroxylation is 1. The second-order valence-corrected chi connectivity index (χ2v) is 7.40. The fourth-order valence-corrected chi connectivity index (χ4v) is 4.28. The normalized spacial score (nSPS) is 14.5. The Balaban J connectivity index is 1.45. The standard InChI is InChI=1S/C20H18N4OS/c1-14-3-2-4-17-18(14)22-20(26-17)24-11-9-23(10-12-24)19(25)16-7-5-15(13-21)6-8-16/h2-8H,9-12H2,1H3. The maximum absolute atomic E-state index is 12.6. The summed E-state index contributed by atoms with van der Waals surface area (Å²) in [5.74, 6) is 0.0225. The van der Waals surface area contributed by atoms with Gasteiger partial charge in [0.15, 0.2) is 5.13 Å². The molecule has 0 radical (unpaired) electrons. The van der Waals surface area contributed by atoms with Crippen LogP contribution in [0.5, 0.6) is 0 Å². The highest BCUT2D eigenvalue weighted by Crippen LogP contribution is 2.31. The molecule has 5 nitrogen and oxygen atoms in total. The van der Waals surface area contributed by atoms with Gasteiger partial charge >= 0.3 is 0 Å². The van der Waals surface area contributed by atoms with Crippen molar-refractivity contribution >= 4 is 32.6 Å². The molecule has 1 saturated heterocycles. The van der Waals surface area contributed by atoms with Gasteiger partial charge in [-0.3, -0.25) is 4.79 Å². The predicted octanol–water partition coefficient (Wildman–Crippen LogP) is 3.44. The number of nitrogens with zero attached hydrogens (tertiary/aromatic N) is 4. The molecule has 0 unspecified atom stereocenters. The third-order valence-electron chi connectivity index (χ3n) is 4.71. The van der Waals surface area contributed by atoms with Crippen molar-refractivity contribution < 1.29 is 4.79 Å². The summed E-state index contributed by atoms with van der Waals surface area (Å²) in [6.07, 6.45) is 0. The van der Waals surface area contributed by atoms with Crippen LogP contribution in [0.15, 0.2) is 42.5 Å². The number of hydrogen-bond donors (Lipinski definition) is 0. The summed E-state index contributed by atoms with van der Waals surface area (Å²) >= 11 is 1.71. The van der Waals surface area contributed by atoms with Gasteiger partial charge in [0.2, 0.25) is 0 Å². The fraction of sp³-hybridized carbons (Fsp3) is 0.250. The van der Waals surface area contributed by atoms with E-state index >= 15 is 0 Å². The van der Waals surface area contributed by atoms with Gasteiger partial charge in [-0.2, -0.15) is 5.26 Å². The molecule has 0 saturated carbocycles. The summed E-state index contributed by atoms with van der Waals surface area (Å²) in [4.78, 5) is 21.6. The molecule has 4 rings (SSSR count). The highest BCUT2D eigenvalue weighted by atomic mass is 32.1. The Kier molecular flexibility index (Phi) is 4.31. The van der Waals surface area contributed by atoms with Crippen LogP contribution >= 0.6 is 11.3 Å². The highest BCUT2D eigenvalue weighted by molar-refractivity contribution is 7.22. The van der Waals surface area contributed by atoms with E-state index in [-0.39, 0.29) is 5.91 Å². The average molecular weight is 362 g/mol. The van der Waals surface area contributed by atoms with Crippen molar-refractivity contribution in [1.82, 2.24) is 9.88 Å². The Morgan fingerprint density at radius 2 is 1.85 bits per heavy atom. The van der Waals surface area contributed by atoms with Crippen LogP contribution in [0.4, 0.5) is 5.13 Å². The Bertz CT molecular complexity index is 995. The molecule has 0 aliphatic carbocycles. The third kappa shape index (κ3) is 3.02. The van der Waals surface area contributed by atoms with E-state index in [2.05, 4.69) is 36.1 Å². The highest BCUT2D eigenvalue weighted by Gasteiger charge is 2.24. The number of aromatic nitrogens is 1. The van der Waals surface area contributed by atoms with Crippen LogP contribution in [-0.4, -0.2) is 42.0 Å². The smallest absolute Gasteiger partial charge is 0.253 e. The number of para-hydroxylation sites is 1. The molecule has 0 atom stereocenters. The SMILES string of the molecule is Cc1cccc2sc(N3CCN(C(=O)c4ccc(C#N)cc4)CC3)nc12. The van der Waals surface area contributed by atoms with Gasteiger partial charge < -0.3 is 9.80 Å². The van der Waals surface area contributed by atoms with Crippen molar-refractivity contribution in [3.8, 4) is 6.07 Å². The van der Waals surface area contributed by atoms with Crippen LogP contribution in [0, 0.1) is 18.3 Å². The molecule has 0 N–H and O–H groups in total. The Morgan fingerprint density at radius 1 is 1.12 bits per heavy atom. The summed E-state index contributed by atoms with van der Waals surface area (Å²) in [5.41, 5.74) is 3.47. The van der Waals surface area contributed by atoms with Gasteiger partial charge in [-0.25, -0.2) is 4.98 Å². The Morgan fingerprint density at radius 3 is 2.50 bits per heavy atom. The van der Waals surface area contributed by atoms with Crippen LogP contribution in [-0.2, 0) is 0 Å². The Hall–Kier alpha value is -2.91. The van der Waals surface area contributed by atoms with Crippen LogP contribution < -0.4 is 4.90 Å². The number of rotatable bonds is 2. The summed E-state index contributed by atoms with van der Waals surface area (Å²) < 4.78 is 1.20. The topological polar surface area (TPSA) is 60.2 Å². The van der Waals surface area contributed by atoms with Gasteiger partial charge in [0, 0.05) is 31.7 Å². The molecule has 0 bridgehead atoms. The number of fused-ring (bicyclic) bond motifs is 1. The third-order valence-corrected chi connectivity index (χ3v) is 5.79. The summed E-state index contributed by atoms with van der Waals surface area (Å²) in [6.45, 7) is 4.99. The number of carbonyl (C=O) groups excluding carboxylic acids is 1. The zero-order valence-electron chi connectivity index (χ0n) is 14.5. The van der Waals surface area contributed by atoms with Gasteiger partial charge in [0.25, 0.3) is 5.91 Å². The Labute approximate surface area is 156 Å². The van der Waals surface area contributed by atoms with Crippen molar-refractivity contribution in [2.75, 3.05) is 31.1 Å². The van der Waals surface area contributed by atoms with Crippen molar-refractivity contribution in [1.29, 1.82) is 5.26 Å². The quantitative estimate of drug-likeness (QED) is 0.701. The van der Waals surface area contributed by atoms with E-state index in [0.29, 0.717) is 24.2 Å². The molecular formula is C20H18N4OS. The summed E-state index contributed by atoms with van der Waals surface area (Å²) in [7, 11) is 0. The maximum Gasteiger partial charge on any atom is 0.253 e.